The Morgan fingerprint density at radius 2 is 2.19 bits per heavy atom. The van der Waals surface area contributed by atoms with Gasteiger partial charge in [-0.2, -0.15) is 0 Å². The molecule has 87 valence electrons. The van der Waals surface area contributed by atoms with Crippen LogP contribution in [0.1, 0.15) is 0 Å². The number of likely N-dealkylation sites (N-methyl/N-ethyl adjacent to an activating group) is 1. The predicted octanol–water partition coefficient (Wildman–Crippen LogP) is 1.25. The van der Waals surface area contributed by atoms with Crippen LogP contribution >= 0.6 is 0 Å². The largest absolute Gasteiger partial charge is 0.373 e. The number of anilines is 1. The zero-order chi connectivity index (χ0) is 11.4. The van der Waals surface area contributed by atoms with E-state index in [2.05, 4.69) is 42.1 Å². The van der Waals surface area contributed by atoms with Gasteiger partial charge in [0.25, 0.3) is 0 Å². The van der Waals surface area contributed by atoms with Crippen molar-refractivity contribution in [3.05, 3.63) is 30.3 Å². The summed E-state index contributed by atoms with van der Waals surface area (Å²) >= 11 is 0. The summed E-state index contributed by atoms with van der Waals surface area (Å²) in [5, 5.41) is 0. The summed E-state index contributed by atoms with van der Waals surface area (Å²) in [6.45, 7) is 3.75. The van der Waals surface area contributed by atoms with Crippen molar-refractivity contribution >= 4 is 5.69 Å². The molecule has 0 bridgehead atoms. The SMILES string of the molecule is CN(C)CC1CN(c2cc[c]cc2)CCO1. The molecule has 1 fully saturated rings. The highest BCUT2D eigenvalue weighted by Gasteiger charge is 2.20. The van der Waals surface area contributed by atoms with Gasteiger partial charge in [0.15, 0.2) is 0 Å². The Labute approximate surface area is 97.6 Å². The Balaban J connectivity index is 1.97. The Kier molecular flexibility index (Phi) is 3.80. The lowest BCUT2D eigenvalue weighted by atomic mass is 10.2. The molecule has 0 saturated carbocycles. The van der Waals surface area contributed by atoms with Crippen molar-refractivity contribution in [2.24, 2.45) is 0 Å². The summed E-state index contributed by atoms with van der Waals surface area (Å²) in [4.78, 5) is 4.55. The topological polar surface area (TPSA) is 15.7 Å². The van der Waals surface area contributed by atoms with Crippen LogP contribution in [0.4, 0.5) is 5.69 Å². The molecule has 0 aromatic heterocycles. The van der Waals surface area contributed by atoms with Crippen molar-refractivity contribution in [3.63, 3.8) is 0 Å². The van der Waals surface area contributed by atoms with Gasteiger partial charge < -0.3 is 14.5 Å². The van der Waals surface area contributed by atoms with Gasteiger partial charge in [-0.05, 0) is 32.3 Å². The summed E-state index contributed by atoms with van der Waals surface area (Å²) in [5.74, 6) is 0. The first kappa shape index (κ1) is 11.4. The third-order valence-electron chi connectivity index (χ3n) is 2.77. The first-order chi connectivity index (χ1) is 7.75. The van der Waals surface area contributed by atoms with E-state index in [1.807, 2.05) is 12.1 Å². The van der Waals surface area contributed by atoms with Crippen LogP contribution in [0.5, 0.6) is 0 Å². The standard InChI is InChI=1S/C13H19N2O/c1-14(2)10-13-11-15(8-9-16-13)12-6-4-3-5-7-12/h4-7,13H,8-11H2,1-2H3. The molecule has 1 heterocycles. The van der Waals surface area contributed by atoms with Crippen LogP contribution in [-0.4, -0.2) is 51.3 Å². The molecular weight excluding hydrogens is 200 g/mol. The van der Waals surface area contributed by atoms with E-state index in [-0.39, 0.29) is 0 Å². The highest BCUT2D eigenvalue weighted by atomic mass is 16.5. The molecule has 0 N–H and O–H groups in total. The lowest BCUT2D eigenvalue weighted by molar-refractivity contribution is 0.0248. The fourth-order valence-corrected chi connectivity index (χ4v) is 2.06. The second-order valence-corrected chi connectivity index (χ2v) is 4.46. The number of hydrogen-bond acceptors (Lipinski definition) is 3. The second-order valence-electron chi connectivity index (χ2n) is 4.46. The zero-order valence-corrected chi connectivity index (χ0v) is 10.0. The molecule has 1 saturated heterocycles. The fourth-order valence-electron chi connectivity index (χ4n) is 2.06. The van der Waals surface area contributed by atoms with Gasteiger partial charge in [0.1, 0.15) is 0 Å². The highest BCUT2D eigenvalue weighted by Crippen LogP contribution is 2.16. The molecule has 0 spiro atoms. The summed E-state index contributed by atoms with van der Waals surface area (Å²) in [6.07, 6.45) is 0.313. The van der Waals surface area contributed by atoms with Gasteiger partial charge in [-0.3, -0.25) is 0 Å². The van der Waals surface area contributed by atoms with E-state index in [9.17, 15) is 0 Å². The predicted molar refractivity (Wildman–Crippen MR) is 65.8 cm³/mol. The lowest BCUT2D eigenvalue weighted by Gasteiger charge is -2.35. The Hall–Kier alpha value is -1.06. The molecule has 1 atom stereocenters. The molecule has 3 nitrogen and oxygen atoms in total. The Bertz CT molecular complexity index is 313. The quantitative estimate of drug-likeness (QED) is 0.761. The van der Waals surface area contributed by atoms with Gasteiger partial charge in [0.05, 0.1) is 12.7 Å². The van der Waals surface area contributed by atoms with Gasteiger partial charge in [0.2, 0.25) is 0 Å². The maximum absolute atomic E-state index is 5.75. The van der Waals surface area contributed by atoms with Crippen molar-refractivity contribution in [2.75, 3.05) is 45.2 Å². The van der Waals surface area contributed by atoms with Crippen LogP contribution in [0.15, 0.2) is 24.3 Å². The second kappa shape index (κ2) is 5.32. The van der Waals surface area contributed by atoms with Crippen molar-refractivity contribution in [1.29, 1.82) is 0 Å². The van der Waals surface area contributed by atoms with E-state index in [1.165, 1.54) is 5.69 Å². The number of rotatable bonds is 3. The number of nitrogens with zero attached hydrogens (tertiary/aromatic N) is 2. The number of morpholine rings is 1. The molecule has 0 amide bonds. The lowest BCUT2D eigenvalue weighted by Crippen LogP contribution is -2.46. The fraction of sp³-hybridized carbons (Fsp3) is 0.538. The molecule has 1 aromatic rings. The van der Waals surface area contributed by atoms with E-state index >= 15 is 0 Å². The molecule has 1 radical (unpaired) electrons. The molecule has 0 aliphatic carbocycles. The van der Waals surface area contributed by atoms with E-state index in [1.54, 1.807) is 0 Å². The van der Waals surface area contributed by atoms with Crippen LogP contribution in [0.25, 0.3) is 0 Å². The van der Waals surface area contributed by atoms with Crippen molar-refractivity contribution in [2.45, 2.75) is 6.10 Å². The van der Waals surface area contributed by atoms with Gasteiger partial charge in [-0.1, -0.05) is 12.1 Å². The molecular formula is C13H19N2O. The Morgan fingerprint density at radius 1 is 1.44 bits per heavy atom. The van der Waals surface area contributed by atoms with Crippen molar-refractivity contribution < 1.29 is 4.74 Å². The average Bonchev–Trinajstić information content (AvgIpc) is 2.30. The van der Waals surface area contributed by atoms with Crippen LogP contribution in [0, 0.1) is 6.07 Å². The summed E-state index contributed by atoms with van der Waals surface area (Å²) in [5.41, 5.74) is 1.27. The van der Waals surface area contributed by atoms with Crippen LogP contribution in [0.3, 0.4) is 0 Å². The summed E-state index contributed by atoms with van der Waals surface area (Å²) < 4.78 is 5.75. The van der Waals surface area contributed by atoms with Crippen LogP contribution < -0.4 is 4.90 Å². The van der Waals surface area contributed by atoms with Crippen molar-refractivity contribution in [1.82, 2.24) is 4.90 Å². The minimum absolute atomic E-state index is 0.313. The molecule has 1 aliphatic heterocycles. The third kappa shape index (κ3) is 2.97. The van der Waals surface area contributed by atoms with E-state index in [4.69, 9.17) is 4.74 Å². The average molecular weight is 219 g/mol. The third-order valence-corrected chi connectivity index (χ3v) is 2.77. The maximum Gasteiger partial charge on any atom is 0.0877 e. The van der Waals surface area contributed by atoms with E-state index in [0.29, 0.717) is 6.10 Å². The van der Waals surface area contributed by atoms with E-state index < -0.39 is 0 Å². The normalized spacial score (nSPS) is 21.4. The molecule has 16 heavy (non-hydrogen) atoms. The van der Waals surface area contributed by atoms with Gasteiger partial charge in [-0.15, -0.1) is 0 Å². The zero-order valence-electron chi connectivity index (χ0n) is 10.0. The molecule has 1 aromatic carbocycles. The molecule has 3 heteroatoms. The monoisotopic (exact) mass is 219 g/mol. The molecule has 1 aliphatic rings. The van der Waals surface area contributed by atoms with Crippen LogP contribution in [-0.2, 0) is 4.74 Å². The van der Waals surface area contributed by atoms with E-state index in [0.717, 1.165) is 26.2 Å². The first-order valence-electron chi connectivity index (χ1n) is 5.73. The number of benzene rings is 1. The highest BCUT2D eigenvalue weighted by molar-refractivity contribution is 5.46. The summed E-state index contributed by atoms with van der Waals surface area (Å²) in [6, 6.07) is 11.2. The minimum Gasteiger partial charge on any atom is -0.373 e. The van der Waals surface area contributed by atoms with Crippen molar-refractivity contribution in [3.8, 4) is 0 Å². The van der Waals surface area contributed by atoms with Gasteiger partial charge in [-0.25, -0.2) is 0 Å². The summed E-state index contributed by atoms with van der Waals surface area (Å²) in [7, 11) is 4.17. The van der Waals surface area contributed by atoms with Gasteiger partial charge >= 0.3 is 0 Å². The molecule has 2 rings (SSSR count). The minimum atomic E-state index is 0.313. The van der Waals surface area contributed by atoms with Gasteiger partial charge in [0, 0.05) is 25.3 Å². The first-order valence-corrected chi connectivity index (χ1v) is 5.73. The number of hydrogen-bond donors (Lipinski definition) is 0. The van der Waals surface area contributed by atoms with Crippen LogP contribution in [0.2, 0.25) is 0 Å². The number of ether oxygens (including phenoxy) is 1. The molecule has 1 unspecified atom stereocenters. The Morgan fingerprint density at radius 3 is 2.88 bits per heavy atom. The smallest absolute Gasteiger partial charge is 0.0877 e. The maximum atomic E-state index is 5.75.